The van der Waals surface area contributed by atoms with Crippen molar-refractivity contribution in [1.82, 2.24) is 10.6 Å². The highest BCUT2D eigenvalue weighted by atomic mass is 32.2. The van der Waals surface area contributed by atoms with Crippen LogP contribution in [0.5, 0.6) is 0 Å². The maximum absolute atomic E-state index is 4.94. The predicted octanol–water partition coefficient (Wildman–Crippen LogP) is 11.3. The summed E-state index contributed by atoms with van der Waals surface area (Å²) in [6.07, 6.45) is 34.1. The zero-order valence-electron chi connectivity index (χ0n) is 29.9. The van der Waals surface area contributed by atoms with Gasteiger partial charge in [0.05, 0.1) is 0 Å². The summed E-state index contributed by atoms with van der Waals surface area (Å²) in [4.78, 5) is 0. The van der Waals surface area contributed by atoms with Crippen LogP contribution in [0, 0.1) is 0 Å². The Hall–Kier alpha value is 0.500. The first-order chi connectivity index (χ1) is 22.5. The van der Waals surface area contributed by atoms with Crippen molar-refractivity contribution in [1.29, 1.82) is 0 Å². The lowest BCUT2D eigenvalue weighted by Gasteiger charge is -1.76. The molecule has 5 nitrogen and oxygen atoms in total. The summed E-state index contributed by atoms with van der Waals surface area (Å²) in [7, 11) is 0. The number of hydrogen-bond acceptors (Lipinski definition) is 7. The third-order valence-electron chi connectivity index (χ3n) is 8.55. The summed E-state index contributed by atoms with van der Waals surface area (Å²) in [5.41, 5.74) is 0. The largest absolute Gasteiger partial charge is 0.381 e. The molecule has 286 valence electrons. The third-order valence-corrected chi connectivity index (χ3v) is 10.9. The summed E-state index contributed by atoms with van der Waals surface area (Å²) in [5.74, 6) is 5.67. The molecule has 0 atom stereocenters. The average Bonchev–Trinajstić information content (AvgIpc) is 4.02. The molecule has 7 heteroatoms. The first-order valence-electron chi connectivity index (χ1n) is 19.8. The van der Waals surface area contributed by atoms with E-state index >= 15 is 0 Å². The first kappa shape index (κ1) is 49.6. The number of ether oxygens (including phenoxy) is 3. The average molecular weight is 707 g/mol. The van der Waals surface area contributed by atoms with Gasteiger partial charge in [0, 0.05) is 39.6 Å². The molecule has 0 aromatic heterocycles. The summed E-state index contributed by atoms with van der Waals surface area (Å²) in [6, 6.07) is 0. The predicted molar refractivity (Wildman–Crippen MR) is 217 cm³/mol. The van der Waals surface area contributed by atoms with Gasteiger partial charge in [0.1, 0.15) is 0 Å². The molecule has 7 aliphatic heterocycles. The molecule has 7 heterocycles. The highest BCUT2D eigenvalue weighted by molar-refractivity contribution is 7.99. The van der Waals surface area contributed by atoms with E-state index in [4.69, 9.17) is 14.2 Å². The van der Waals surface area contributed by atoms with Crippen molar-refractivity contribution in [3.63, 3.8) is 0 Å². The number of rotatable bonds is 0. The molecule has 7 saturated heterocycles. The van der Waals surface area contributed by atoms with Gasteiger partial charge in [-0.25, -0.2) is 0 Å². The molecule has 9 aliphatic rings. The van der Waals surface area contributed by atoms with Crippen molar-refractivity contribution >= 4 is 23.5 Å². The fraction of sp³-hybridized carbons (Fsp3) is 1.00. The van der Waals surface area contributed by atoms with Crippen molar-refractivity contribution in [3.05, 3.63) is 0 Å². The Morgan fingerprint density at radius 2 is 0.468 bits per heavy atom. The molecule has 0 bridgehead atoms. The Bertz CT molecular complexity index is 287. The van der Waals surface area contributed by atoms with Crippen molar-refractivity contribution in [3.8, 4) is 0 Å². The van der Waals surface area contributed by atoms with E-state index in [1.807, 2.05) is 0 Å². The zero-order chi connectivity index (χ0) is 31.8. The van der Waals surface area contributed by atoms with Crippen LogP contribution in [0.3, 0.4) is 0 Å². The van der Waals surface area contributed by atoms with Crippen LogP contribution < -0.4 is 10.6 Å². The van der Waals surface area contributed by atoms with Gasteiger partial charge in [-0.05, 0) is 139 Å². The molecule has 9 fully saturated rings. The maximum Gasteiger partial charge on any atom is 0.0466 e. The Morgan fingerprint density at radius 3 is 0.553 bits per heavy atom. The summed E-state index contributed by atoms with van der Waals surface area (Å²) in [5, 5.41) is 6.44. The van der Waals surface area contributed by atoms with Crippen LogP contribution in [-0.4, -0.2) is 88.8 Å². The minimum Gasteiger partial charge on any atom is -0.381 e. The van der Waals surface area contributed by atoms with Crippen molar-refractivity contribution < 1.29 is 14.2 Å². The zero-order valence-corrected chi connectivity index (χ0v) is 31.5. The Labute approximate surface area is 305 Å². The van der Waals surface area contributed by atoms with Crippen LogP contribution in [0.15, 0.2) is 0 Å². The van der Waals surface area contributed by atoms with Crippen molar-refractivity contribution in [2.45, 2.75) is 169 Å². The van der Waals surface area contributed by atoms with E-state index in [-0.39, 0.29) is 14.9 Å². The molecule has 0 spiro atoms. The molecule has 47 heavy (non-hydrogen) atoms. The molecule has 0 aromatic carbocycles. The van der Waals surface area contributed by atoms with E-state index in [1.165, 1.54) is 203 Å². The fourth-order valence-corrected chi connectivity index (χ4v) is 7.61. The van der Waals surface area contributed by atoms with E-state index in [0.29, 0.717) is 0 Å². The Balaban J connectivity index is 0. The van der Waals surface area contributed by atoms with Gasteiger partial charge in [0.15, 0.2) is 0 Å². The van der Waals surface area contributed by atoms with E-state index in [1.54, 1.807) is 0 Å². The van der Waals surface area contributed by atoms with Crippen LogP contribution >= 0.6 is 23.5 Å². The summed E-state index contributed by atoms with van der Waals surface area (Å²) in [6.45, 7) is 11.0. The lowest BCUT2D eigenvalue weighted by Crippen LogP contribution is -2.03. The first-order valence-corrected chi connectivity index (χ1v) is 22.1. The highest BCUT2D eigenvalue weighted by Gasteiger charge is 1.98. The molecule has 0 amide bonds. The highest BCUT2D eigenvalue weighted by Crippen LogP contribution is 2.16. The SMILES string of the molecule is C.C.C1CCCC1.C1CCCC1.C1CCNC1.C1CCNC1.C1CCOC1.C1CCOC1.C1CCOC1.C1CCSC1.C1CCSC1. The normalized spacial score (nSPS) is 23.0. The van der Waals surface area contributed by atoms with Crippen LogP contribution in [0.1, 0.15) is 169 Å². The molecule has 2 aliphatic carbocycles. The Kier molecular flexibility index (Phi) is 49.1. The van der Waals surface area contributed by atoms with Gasteiger partial charge in [-0.2, -0.15) is 23.5 Å². The van der Waals surface area contributed by atoms with E-state index < -0.39 is 0 Å². The molecular weight excluding hydrogens is 621 g/mol. The topological polar surface area (TPSA) is 51.8 Å². The summed E-state index contributed by atoms with van der Waals surface area (Å²) >= 11 is 4.15. The molecule has 2 N–H and O–H groups in total. The van der Waals surface area contributed by atoms with Gasteiger partial charge in [0.25, 0.3) is 0 Å². The van der Waals surface area contributed by atoms with Crippen LogP contribution in [-0.2, 0) is 14.2 Å². The minimum absolute atomic E-state index is 0. The molecule has 2 saturated carbocycles. The number of hydrogen-bond donors (Lipinski definition) is 2. The van der Waals surface area contributed by atoms with E-state index in [2.05, 4.69) is 34.2 Å². The smallest absolute Gasteiger partial charge is 0.0466 e. The van der Waals surface area contributed by atoms with E-state index in [0.717, 1.165) is 39.6 Å². The van der Waals surface area contributed by atoms with Gasteiger partial charge in [-0.3, -0.25) is 0 Å². The molecular formula is C40H86N2O3S2. The lowest BCUT2D eigenvalue weighted by atomic mass is 10.4. The van der Waals surface area contributed by atoms with Gasteiger partial charge in [-0.1, -0.05) is 79.1 Å². The van der Waals surface area contributed by atoms with Gasteiger partial charge >= 0.3 is 0 Å². The van der Waals surface area contributed by atoms with Crippen molar-refractivity contribution in [2.24, 2.45) is 0 Å². The van der Waals surface area contributed by atoms with Crippen LogP contribution in [0.25, 0.3) is 0 Å². The van der Waals surface area contributed by atoms with Gasteiger partial charge in [0.2, 0.25) is 0 Å². The second kappa shape index (κ2) is 46.5. The van der Waals surface area contributed by atoms with E-state index in [9.17, 15) is 0 Å². The molecule has 0 aromatic rings. The minimum atomic E-state index is 0. The second-order valence-electron chi connectivity index (χ2n) is 13.0. The van der Waals surface area contributed by atoms with Gasteiger partial charge < -0.3 is 24.8 Å². The molecule has 0 unspecified atom stereocenters. The van der Waals surface area contributed by atoms with Gasteiger partial charge in [-0.15, -0.1) is 0 Å². The standard InChI is InChI=1S/2C5H10.2C4H9N.3C4H8O.2C4H8S.2CH4/c9*1-2-4-5-3-1;;/h2*1-5H2;2*5H,1-4H2;5*1-4H2;2*1H4. The third kappa shape index (κ3) is 44.5. The van der Waals surface area contributed by atoms with Crippen LogP contribution in [0.4, 0.5) is 0 Å². The summed E-state index contributed by atoms with van der Waals surface area (Å²) < 4.78 is 14.8. The monoisotopic (exact) mass is 707 g/mol. The maximum atomic E-state index is 4.94. The number of thioether (sulfide) groups is 2. The second-order valence-corrected chi connectivity index (χ2v) is 15.5. The lowest BCUT2D eigenvalue weighted by molar-refractivity contribution is 0.198. The van der Waals surface area contributed by atoms with Crippen molar-refractivity contribution in [2.75, 3.05) is 88.8 Å². The fourth-order valence-electron chi connectivity index (χ4n) is 5.57. The number of nitrogens with one attached hydrogen (secondary N) is 2. The quantitative estimate of drug-likeness (QED) is 0.260. The molecule has 0 radical (unpaired) electrons. The Morgan fingerprint density at radius 1 is 0.255 bits per heavy atom. The molecule has 9 rings (SSSR count). The van der Waals surface area contributed by atoms with Crippen LogP contribution in [0.2, 0.25) is 0 Å².